The van der Waals surface area contributed by atoms with Crippen LogP contribution < -0.4 is 27.0 Å². The molecular weight excluding hydrogens is 751 g/mol. The number of primary amides is 1. The van der Waals surface area contributed by atoms with E-state index in [2.05, 4.69) is 26.3 Å². The number of carbonyl (C=O) groups is 5. The number of aromatic nitrogens is 1. The number of nitrogens with two attached hydrogens (primary N) is 1. The van der Waals surface area contributed by atoms with Gasteiger partial charge in [0.25, 0.3) is 5.91 Å². The van der Waals surface area contributed by atoms with E-state index in [1.807, 2.05) is 60.7 Å². The quantitative estimate of drug-likeness (QED) is 0.0928. The number of benzene rings is 3. The SMILES string of the molecule is NC(=O)CC[C@H](NC(=O)[C@@H]1CC[C@@H]2CCNC[C@H](NC(=O)c3cc4cc(C(F)(F)P(=O)(O)O)ccc4[nH]3)C(=O)N21)C(=O)NC(c1ccccc1)c1ccccc1. The van der Waals surface area contributed by atoms with Gasteiger partial charge < -0.3 is 46.7 Å². The number of hydrogen-bond donors (Lipinski definition) is 8. The lowest BCUT2D eigenvalue weighted by Crippen LogP contribution is -2.61. The van der Waals surface area contributed by atoms with E-state index in [-0.39, 0.29) is 48.4 Å². The third kappa shape index (κ3) is 8.81. The van der Waals surface area contributed by atoms with Crippen LogP contribution in [0, 0.1) is 0 Å². The summed E-state index contributed by atoms with van der Waals surface area (Å²) in [5.74, 6) is -3.16. The molecule has 0 bridgehead atoms. The van der Waals surface area contributed by atoms with E-state index in [9.17, 15) is 37.3 Å². The fourth-order valence-corrected chi connectivity index (χ4v) is 7.69. The molecule has 2 aliphatic rings. The fraction of sp³-hybridized carbons (Fsp3) is 0.342. The van der Waals surface area contributed by atoms with Crippen molar-refractivity contribution < 1.29 is 47.1 Å². The summed E-state index contributed by atoms with van der Waals surface area (Å²) < 4.78 is 40.1. The van der Waals surface area contributed by atoms with Gasteiger partial charge in [-0.3, -0.25) is 28.5 Å². The summed E-state index contributed by atoms with van der Waals surface area (Å²) in [5.41, 5.74) is 1.75. The maximum Gasteiger partial charge on any atom is 0.399 e. The van der Waals surface area contributed by atoms with Gasteiger partial charge >= 0.3 is 13.3 Å². The Morgan fingerprint density at radius 3 is 2.21 bits per heavy atom. The molecule has 2 saturated heterocycles. The highest BCUT2D eigenvalue weighted by Crippen LogP contribution is 2.59. The van der Waals surface area contributed by atoms with Gasteiger partial charge in [-0.25, -0.2) is 0 Å². The maximum absolute atomic E-state index is 14.4. The number of fused-ring (bicyclic) bond motifs is 2. The van der Waals surface area contributed by atoms with E-state index in [4.69, 9.17) is 15.5 Å². The molecule has 0 unspecified atom stereocenters. The van der Waals surface area contributed by atoms with Crippen LogP contribution in [0.4, 0.5) is 8.78 Å². The first-order chi connectivity index (χ1) is 26.6. The number of halogens is 2. The van der Waals surface area contributed by atoms with E-state index in [0.29, 0.717) is 19.4 Å². The van der Waals surface area contributed by atoms with Crippen LogP contribution in [0.25, 0.3) is 10.9 Å². The Morgan fingerprint density at radius 1 is 0.929 bits per heavy atom. The van der Waals surface area contributed by atoms with Crippen molar-refractivity contribution in [2.24, 2.45) is 5.73 Å². The van der Waals surface area contributed by atoms with Crippen molar-refractivity contribution >= 4 is 48.0 Å². The van der Waals surface area contributed by atoms with E-state index in [0.717, 1.165) is 29.3 Å². The molecule has 56 heavy (non-hydrogen) atoms. The monoisotopic (exact) mass is 793 g/mol. The average molecular weight is 794 g/mol. The minimum atomic E-state index is -5.83. The Hall–Kier alpha value is -5.48. The topological polar surface area (TPSA) is 236 Å². The van der Waals surface area contributed by atoms with Crippen molar-refractivity contribution in [2.45, 2.75) is 68.0 Å². The molecule has 4 atom stereocenters. The summed E-state index contributed by atoms with van der Waals surface area (Å²) in [5, 5.41) is 11.6. The molecule has 2 aliphatic heterocycles. The molecule has 2 fully saturated rings. The van der Waals surface area contributed by atoms with E-state index < -0.39 is 72.5 Å². The molecule has 1 aromatic heterocycles. The molecule has 15 nitrogen and oxygen atoms in total. The molecule has 0 radical (unpaired) electrons. The Balaban J connectivity index is 1.19. The molecule has 0 saturated carbocycles. The molecule has 0 aliphatic carbocycles. The Morgan fingerprint density at radius 2 is 1.59 bits per heavy atom. The maximum atomic E-state index is 14.4. The van der Waals surface area contributed by atoms with E-state index in [1.54, 1.807) is 0 Å². The second-order valence-electron chi connectivity index (χ2n) is 13.9. The average Bonchev–Trinajstić information content (AvgIpc) is 3.80. The summed E-state index contributed by atoms with van der Waals surface area (Å²) >= 11 is 0. The van der Waals surface area contributed by atoms with Gasteiger partial charge in [-0.05, 0) is 61.6 Å². The molecular formula is C38H42F2N7O8P. The number of amides is 5. The minimum Gasteiger partial charge on any atom is -0.370 e. The van der Waals surface area contributed by atoms with Gasteiger partial charge in [-0.1, -0.05) is 66.7 Å². The summed E-state index contributed by atoms with van der Waals surface area (Å²) in [6.07, 6.45) is 0.960. The zero-order valence-electron chi connectivity index (χ0n) is 30.0. The van der Waals surface area contributed by atoms with Crippen LogP contribution in [0.2, 0.25) is 0 Å². The predicted molar refractivity (Wildman–Crippen MR) is 200 cm³/mol. The lowest BCUT2D eigenvalue weighted by atomic mass is 9.98. The summed E-state index contributed by atoms with van der Waals surface area (Å²) in [4.78, 5) is 89.8. The molecule has 18 heteroatoms. The zero-order chi connectivity index (χ0) is 40.2. The van der Waals surface area contributed by atoms with Crippen LogP contribution in [0.15, 0.2) is 84.9 Å². The van der Waals surface area contributed by atoms with E-state index >= 15 is 0 Å². The van der Waals surface area contributed by atoms with Crippen LogP contribution in [0.5, 0.6) is 0 Å². The number of H-pyrrole nitrogens is 1. The van der Waals surface area contributed by atoms with Crippen molar-refractivity contribution in [3.05, 3.63) is 107 Å². The first-order valence-corrected chi connectivity index (χ1v) is 19.6. The van der Waals surface area contributed by atoms with Gasteiger partial charge in [0, 0.05) is 35.5 Å². The molecule has 4 aromatic rings. The lowest BCUT2D eigenvalue weighted by Gasteiger charge is -2.36. The molecule has 3 aromatic carbocycles. The third-order valence-electron chi connectivity index (χ3n) is 10.1. The Bertz CT molecular complexity index is 2110. The van der Waals surface area contributed by atoms with Crippen molar-refractivity contribution in [2.75, 3.05) is 13.1 Å². The van der Waals surface area contributed by atoms with E-state index in [1.165, 1.54) is 11.0 Å². The van der Waals surface area contributed by atoms with Crippen LogP contribution in [-0.2, 0) is 29.4 Å². The molecule has 296 valence electrons. The van der Waals surface area contributed by atoms with Crippen LogP contribution in [0.3, 0.4) is 0 Å². The highest BCUT2D eigenvalue weighted by atomic mass is 31.2. The Kier molecular flexibility index (Phi) is 12.0. The van der Waals surface area contributed by atoms with Crippen molar-refractivity contribution in [3.63, 3.8) is 0 Å². The highest BCUT2D eigenvalue weighted by Gasteiger charge is 2.50. The predicted octanol–water partition coefficient (Wildman–Crippen LogP) is 2.50. The van der Waals surface area contributed by atoms with Crippen LogP contribution in [-0.4, -0.2) is 86.5 Å². The highest BCUT2D eigenvalue weighted by molar-refractivity contribution is 7.52. The van der Waals surface area contributed by atoms with Crippen molar-refractivity contribution in [1.29, 1.82) is 0 Å². The van der Waals surface area contributed by atoms with Crippen molar-refractivity contribution in [3.8, 4) is 0 Å². The largest absolute Gasteiger partial charge is 0.399 e. The fourth-order valence-electron chi connectivity index (χ4n) is 7.21. The Labute approximate surface area is 319 Å². The van der Waals surface area contributed by atoms with Crippen molar-refractivity contribution in [1.82, 2.24) is 31.2 Å². The van der Waals surface area contributed by atoms with Gasteiger partial charge in [0.1, 0.15) is 23.8 Å². The van der Waals surface area contributed by atoms with Gasteiger partial charge in [0.2, 0.25) is 23.6 Å². The van der Waals surface area contributed by atoms with Gasteiger partial charge in [0.05, 0.1) is 6.04 Å². The molecule has 9 N–H and O–H groups in total. The molecule has 6 rings (SSSR count). The number of nitrogens with one attached hydrogen (secondary N) is 5. The number of rotatable bonds is 13. The third-order valence-corrected chi connectivity index (χ3v) is 11.1. The summed E-state index contributed by atoms with van der Waals surface area (Å²) in [7, 11) is -5.83. The molecule has 3 heterocycles. The molecule has 0 spiro atoms. The molecule has 5 amide bonds. The second-order valence-corrected chi connectivity index (χ2v) is 15.6. The minimum absolute atomic E-state index is 0.00498. The van der Waals surface area contributed by atoms with Gasteiger partial charge in [-0.2, -0.15) is 8.78 Å². The normalized spacial score (nSPS) is 19.5. The zero-order valence-corrected chi connectivity index (χ0v) is 30.9. The number of nitrogens with zero attached hydrogens (tertiary/aromatic N) is 1. The first-order valence-electron chi connectivity index (χ1n) is 18.0. The van der Waals surface area contributed by atoms with Gasteiger partial charge in [-0.15, -0.1) is 0 Å². The number of alkyl halides is 2. The first kappa shape index (κ1) is 40.2. The smallest absolute Gasteiger partial charge is 0.370 e. The number of hydrogen-bond acceptors (Lipinski definition) is 7. The van der Waals surface area contributed by atoms with Crippen LogP contribution in [0.1, 0.15) is 65.3 Å². The number of carbonyl (C=O) groups excluding carboxylic acids is 5. The number of aromatic amines is 1. The standard InChI is InChI=1S/C38H42F2N7O8P/c39-38(40,56(53,54)55)25-11-13-27-24(19-25)20-29(43-27)35(50)45-30-21-42-18-17-26-12-15-31(47(26)37(30)52)36(51)44-28(14-16-32(41)48)34(49)46-33(22-7-3-1-4-8-22)23-9-5-2-6-10-23/h1-11,13,19-20,26,28,30-31,33,42-43H,12,14-18,21H2,(H2,41,48)(H,44,51)(H,45,50)(H,46,49)(H2,53,54,55)/t26-,28+,30+,31+/m1/s1. The van der Waals surface area contributed by atoms with Crippen LogP contribution >= 0.6 is 7.60 Å². The summed E-state index contributed by atoms with van der Waals surface area (Å²) in [6, 6.07) is 18.3. The second kappa shape index (κ2) is 16.7. The lowest BCUT2D eigenvalue weighted by molar-refractivity contribution is -0.143. The summed E-state index contributed by atoms with van der Waals surface area (Å²) in [6.45, 7) is 0.465. The van der Waals surface area contributed by atoms with Gasteiger partial charge in [0.15, 0.2) is 0 Å².